The number of thiophene rings is 1. The zero-order chi connectivity index (χ0) is 15.8. The molecule has 0 unspecified atom stereocenters. The molecule has 0 fully saturated rings. The fraction of sp³-hybridized carbons (Fsp3) is 0.353. The minimum atomic E-state index is 0. The normalized spacial score (nSPS) is 10.8. The number of methoxy groups -OCH3 is 1. The van der Waals surface area contributed by atoms with E-state index < -0.39 is 0 Å². The van der Waals surface area contributed by atoms with Crippen molar-refractivity contribution in [2.75, 3.05) is 20.7 Å². The van der Waals surface area contributed by atoms with E-state index in [9.17, 15) is 0 Å². The van der Waals surface area contributed by atoms with E-state index in [0.717, 1.165) is 31.2 Å². The van der Waals surface area contributed by atoms with E-state index in [1.165, 1.54) is 16.0 Å². The summed E-state index contributed by atoms with van der Waals surface area (Å²) in [6.07, 6.45) is 1.01. The summed E-state index contributed by atoms with van der Waals surface area (Å²) in [4.78, 5) is 5.63. The zero-order valence-electron chi connectivity index (χ0n) is 13.8. The maximum Gasteiger partial charge on any atom is 0.191 e. The fourth-order valence-corrected chi connectivity index (χ4v) is 2.92. The Bertz CT molecular complexity index is 614. The second-order valence-corrected chi connectivity index (χ2v) is 6.07. The van der Waals surface area contributed by atoms with Crippen molar-refractivity contribution in [3.8, 4) is 5.75 Å². The molecule has 0 amide bonds. The van der Waals surface area contributed by atoms with Crippen LogP contribution < -0.4 is 15.4 Å². The van der Waals surface area contributed by atoms with Crippen LogP contribution in [0, 0.1) is 6.92 Å². The Kier molecular flexibility index (Phi) is 9.01. The number of benzene rings is 1. The van der Waals surface area contributed by atoms with Crippen LogP contribution in [0.1, 0.15) is 16.0 Å². The second-order valence-electron chi connectivity index (χ2n) is 5.04. The first-order chi connectivity index (χ1) is 10.7. The van der Waals surface area contributed by atoms with Gasteiger partial charge in [-0.15, -0.1) is 35.3 Å². The molecule has 4 nitrogen and oxygen atoms in total. The van der Waals surface area contributed by atoms with Crippen molar-refractivity contribution in [3.05, 3.63) is 51.7 Å². The highest BCUT2D eigenvalue weighted by atomic mass is 127. The number of nitrogens with zero attached hydrogens (tertiary/aromatic N) is 1. The van der Waals surface area contributed by atoms with Crippen molar-refractivity contribution in [2.24, 2.45) is 4.99 Å². The predicted octanol–water partition coefficient (Wildman–Crippen LogP) is 3.59. The van der Waals surface area contributed by atoms with Gasteiger partial charge in [0.15, 0.2) is 5.96 Å². The average molecular weight is 445 g/mol. The van der Waals surface area contributed by atoms with E-state index in [-0.39, 0.29) is 24.0 Å². The summed E-state index contributed by atoms with van der Waals surface area (Å²) in [7, 11) is 3.48. The Balaban J connectivity index is 0.00000264. The molecule has 1 heterocycles. The quantitative estimate of drug-likeness (QED) is 0.406. The molecule has 6 heteroatoms. The van der Waals surface area contributed by atoms with Gasteiger partial charge in [0.2, 0.25) is 0 Å². The summed E-state index contributed by atoms with van der Waals surface area (Å²) in [6, 6.07) is 10.4. The minimum Gasteiger partial charge on any atom is -0.497 e. The summed E-state index contributed by atoms with van der Waals surface area (Å²) in [6.45, 7) is 3.66. The fourth-order valence-electron chi connectivity index (χ4n) is 2.21. The Labute approximate surface area is 159 Å². The standard InChI is InChI=1S/C17H23N3OS.HI/c1-13-9-14(11-15(10-13)21-3)12-20-17(18-2)19-7-6-16-5-4-8-22-16;/h4-5,8-11H,6-7,12H2,1-3H3,(H2,18,19,20);1H. The highest BCUT2D eigenvalue weighted by molar-refractivity contribution is 14.0. The maximum absolute atomic E-state index is 5.30. The molecule has 0 atom stereocenters. The molecule has 0 saturated carbocycles. The van der Waals surface area contributed by atoms with Gasteiger partial charge < -0.3 is 15.4 Å². The zero-order valence-corrected chi connectivity index (χ0v) is 16.9. The SMILES string of the molecule is CN=C(NCCc1cccs1)NCc1cc(C)cc(OC)c1.I. The van der Waals surface area contributed by atoms with Crippen molar-refractivity contribution in [2.45, 2.75) is 19.9 Å². The van der Waals surface area contributed by atoms with Gasteiger partial charge in [-0.05, 0) is 48.1 Å². The Morgan fingerprint density at radius 2 is 2.09 bits per heavy atom. The average Bonchev–Trinajstić information content (AvgIpc) is 3.03. The molecule has 1 aromatic carbocycles. The first-order valence-corrected chi connectivity index (χ1v) is 8.20. The van der Waals surface area contributed by atoms with E-state index in [1.807, 2.05) is 12.1 Å². The van der Waals surface area contributed by atoms with Crippen LogP contribution in [0.4, 0.5) is 0 Å². The van der Waals surface area contributed by atoms with E-state index in [0.29, 0.717) is 0 Å². The van der Waals surface area contributed by atoms with Crippen LogP contribution in [-0.4, -0.2) is 26.7 Å². The van der Waals surface area contributed by atoms with Crippen molar-refractivity contribution in [1.82, 2.24) is 10.6 Å². The highest BCUT2D eigenvalue weighted by Gasteiger charge is 2.02. The molecule has 2 N–H and O–H groups in total. The number of ether oxygens (including phenoxy) is 1. The Morgan fingerprint density at radius 1 is 1.26 bits per heavy atom. The van der Waals surface area contributed by atoms with Crippen LogP contribution in [0.3, 0.4) is 0 Å². The summed E-state index contributed by atoms with van der Waals surface area (Å²) in [5.74, 6) is 1.70. The molecule has 0 saturated heterocycles. The molecule has 23 heavy (non-hydrogen) atoms. The number of hydrogen-bond acceptors (Lipinski definition) is 3. The van der Waals surface area contributed by atoms with Crippen LogP contribution in [0.2, 0.25) is 0 Å². The van der Waals surface area contributed by atoms with E-state index in [2.05, 4.69) is 46.1 Å². The number of rotatable bonds is 6. The van der Waals surface area contributed by atoms with E-state index >= 15 is 0 Å². The third-order valence-electron chi connectivity index (χ3n) is 3.27. The van der Waals surface area contributed by atoms with Gasteiger partial charge in [0.1, 0.15) is 5.75 Å². The molecule has 0 spiro atoms. The predicted molar refractivity (Wildman–Crippen MR) is 109 cm³/mol. The topological polar surface area (TPSA) is 45.7 Å². The van der Waals surface area contributed by atoms with Gasteiger partial charge in [-0.25, -0.2) is 0 Å². The molecule has 0 aliphatic carbocycles. The van der Waals surface area contributed by atoms with Crippen LogP contribution in [-0.2, 0) is 13.0 Å². The molecule has 0 radical (unpaired) electrons. The van der Waals surface area contributed by atoms with E-state index in [4.69, 9.17) is 4.74 Å². The number of hydrogen-bond donors (Lipinski definition) is 2. The number of nitrogens with one attached hydrogen (secondary N) is 2. The molecule has 2 aromatic rings. The lowest BCUT2D eigenvalue weighted by atomic mass is 10.1. The Morgan fingerprint density at radius 3 is 2.74 bits per heavy atom. The van der Waals surface area contributed by atoms with Crippen LogP contribution in [0.15, 0.2) is 40.7 Å². The maximum atomic E-state index is 5.30. The number of guanidine groups is 1. The minimum absolute atomic E-state index is 0. The molecule has 0 aliphatic heterocycles. The molecule has 0 aliphatic rings. The number of halogens is 1. The lowest BCUT2D eigenvalue weighted by molar-refractivity contribution is 0.414. The summed E-state index contributed by atoms with van der Waals surface area (Å²) in [5.41, 5.74) is 2.37. The van der Waals surface area contributed by atoms with Gasteiger partial charge in [0.05, 0.1) is 7.11 Å². The molecule has 2 rings (SSSR count). The van der Waals surface area contributed by atoms with Gasteiger partial charge in [-0.2, -0.15) is 0 Å². The van der Waals surface area contributed by atoms with E-state index in [1.54, 1.807) is 25.5 Å². The van der Waals surface area contributed by atoms with Crippen molar-refractivity contribution in [1.29, 1.82) is 0 Å². The van der Waals surface area contributed by atoms with Gasteiger partial charge in [-0.3, -0.25) is 4.99 Å². The number of aliphatic imine (C=N–C) groups is 1. The Hall–Kier alpha value is -1.28. The van der Waals surface area contributed by atoms with Crippen LogP contribution in [0.5, 0.6) is 5.75 Å². The van der Waals surface area contributed by atoms with Gasteiger partial charge in [0.25, 0.3) is 0 Å². The first-order valence-electron chi connectivity index (χ1n) is 7.32. The molecule has 0 bridgehead atoms. The monoisotopic (exact) mass is 445 g/mol. The van der Waals surface area contributed by atoms with Crippen LogP contribution >= 0.6 is 35.3 Å². The lowest BCUT2D eigenvalue weighted by Gasteiger charge is -2.12. The third kappa shape index (κ3) is 6.78. The molecule has 1 aromatic heterocycles. The van der Waals surface area contributed by atoms with Gasteiger partial charge >= 0.3 is 0 Å². The van der Waals surface area contributed by atoms with Crippen LogP contribution in [0.25, 0.3) is 0 Å². The molecular weight excluding hydrogens is 421 g/mol. The number of aryl methyl sites for hydroxylation is 1. The summed E-state index contributed by atoms with van der Waals surface area (Å²) < 4.78 is 5.30. The van der Waals surface area contributed by atoms with Gasteiger partial charge in [-0.1, -0.05) is 12.1 Å². The smallest absolute Gasteiger partial charge is 0.191 e. The molecular formula is C17H24IN3OS. The van der Waals surface area contributed by atoms with Crippen molar-refractivity contribution >= 4 is 41.3 Å². The largest absolute Gasteiger partial charge is 0.497 e. The lowest BCUT2D eigenvalue weighted by Crippen LogP contribution is -2.37. The second kappa shape index (κ2) is 10.5. The highest BCUT2D eigenvalue weighted by Crippen LogP contribution is 2.16. The summed E-state index contributed by atoms with van der Waals surface area (Å²) in [5, 5.41) is 8.77. The van der Waals surface area contributed by atoms with Crippen molar-refractivity contribution in [3.63, 3.8) is 0 Å². The molecule has 126 valence electrons. The van der Waals surface area contributed by atoms with Crippen molar-refractivity contribution < 1.29 is 4.74 Å². The van der Waals surface area contributed by atoms with Gasteiger partial charge in [0, 0.05) is 25.0 Å². The third-order valence-corrected chi connectivity index (χ3v) is 4.21. The summed E-state index contributed by atoms with van der Waals surface area (Å²) >= 11 is 1.78. The first kappa shape index (κ1) is 19.8.